The monoisotopic (exact) mass is 439 g/mol. The summed E-state index contributed by atoms with van der Waals surface area (Å²) in [7, 11) is -3.13. The molecule has 1 aliphatic rings. The van der Waals surface area contributed by atoms with Crippen molar-refractivity contribution in [3.8, 4) is 0 Å². The van der Waals surface area contributed by atoms with Gasteiger partial charge >= 0.3 is 0 Å². The molecule has 0 saturated carbocycles. The molecule has 1 fully saturated rings. The van der Waals surface area contributed by atoms with Gasteiger partial charge in [0.1, 0.15) is 0 Å². The second kappa shape index (κ2) is 7.08. The fourth-order valence-corrected chi connectivity index (χ4v) is 4.28. The van der Waals surface area contributed by atoms with E-state index in [4.69, 9.17) is 0 Å². The maximum atomic E-state index is 11.6. The minimum atomic E-state index is -3.13. The highest BCUT2D eigenvalue weighted by molar-refractivity contribution is 9.13. The van der Waals surface area contributed by atoms with Crippen LogP contribution in [0, 0.1) is 5.92 Å². The number of aliphatic hydroxyl groups is 1. The largest absolute Gasteiger partial charge is 0.388 e. The van der Waals surface area contributed by atoms with E-state index in [0.717, 1.165) is 27.4 Å². The lowest BCUT2D eigenvalue weighted by Crippen LogP contribution is -2.39. The number of nitrogens with zero attached hydrogens (tertiary/aromatic N) is 1. The maximum Gasteiger partial charge on any atom is 0.211 e. The number of aliphatic hydroxyl groups excluding tert-OH is 1. The normalized spacial score (nSPS) is 22.2. The summed E-state index contributed by atoms with van der Waals surface area (Å²) in [5.74, 6) is 0.200. The van der Waals surface area contributed by atoms with E-state index in [-0.39, 0.29) is 5.92 Å². The second-order valence-corrected chi connectivity index (χ2v) is 9.25. The molecule has 1 aliphatic heterocycles. The van der Waals surface area contributed by atoms with Crippen LogP contribution in [0.25, 0.3) is 0 Å². The van der Waals surface area contributed by atoms with Gasteiger partial charge in [-0.15, -0.1) is 0 Å². The minimum Gasteiger partial charge on any atom is -0.388 e. The quantitative estimate of drug-likeness (QED) is 0.781. The van der Waals surface area contributed by atoms with Gasteiger partial charge in [0.05, 0.1) is 12.4 Å². The summed E-state index contributed by atoms with van der Waals surface area (Å²) < 4.78 is 26.6. The fourth-order valence-electron chi connectivity index (χ4n) is 2.69. The van der Waals surface area contributed by atoms with Crippen LogP contribution < -0.4 is 0 Å². The molecule has 2 atom stereocenters. The van der Waals surface area contributed by atoms with Crippen LogP contribution in [0.3, 0.4) is 0 Å². The Kier molecular flexibility index (Phi) is 5.87. The van der Waals surface area contributed by atoms with E-state index in [2.05, 4.69) is 31.9 Å². The minimum absolute atomic E-state index is 0.200. The van der Waals surface area contributed by atoms with Gasteiger partial charge in [0.25, 0.3) is 0 Å². The first-order valence-corrected chi connectivity index (χ1v) is 10.3. The number of hydrogen-bond acceptors (Lipinski definition) is 3. The Balaban J connectivity index is 2.02. The lowest BCUT2D eigenvalue weighted by Gasteiger charge is -2.32. The summed E-state index contributed by atoms with van der Waals surface area (Å²) in [6, 6.07) is 5.68. The van der Waals surface area contributed by atoms with Gasteiger partial charge in [0.2, 0.25) is 10.0 Å². The fraction of sp³-hybridized carbons (Fsp3) is 0.571. The molecule has 21 heavy (non-hydrogen) atoms. The number of benzene rings is 1. The van der Waals surface area contributed by atoms with Gasteiger partial charge in [-0.2, -0.15) is 0 Å². The molecule has 0 aliphatic carbocycles. The van der Waals surface area contributed by atoms with Gasteiger partial charge in [-0.25, -0.2) is 12.7 Å². The van der Waals surface area contributed by atoms with Gasteiger partial charge in [0.15, 0.2) is 0 Å². The first-order valence-electron chi connectivity index (χ1n) is 6.85. The highest BCUT2D eigenvalue weighted by atomic mass is 79.9. The van der Waals surface area contributed by atoms with Crippen LogP contribution in [0.5, 0.6) is 0 Å². The molecule has 1 heterocycles. The topological polar surface area (TPSA) is 57.6 Å². The van der Waals surface area contributed by atoms with Crippen LogP contribution in [0.2, 0.25) is 0 Å². The van der Waals surface area contributed by atoms with Crippen LogP contribution in [0.1, 0.15) is 30.9 Å². The first-order chi connectivity index (χ1) is 9.77. The highest BCUT2D eigenvalue weighted by Crippen LogP contribution is 2.31. The molecule has 0 radical (unpaired) electrons. The van der Waals surface area contributed by atoms with Crippen molar-refractivity contribution in [2.45, 2.75) is 25.4 Å². The molecular formula is C14H19Br2NO3S. The zero-order chi connectivity index (χ0) is 15.6. The molecule has 7 heteroatoms. The van der Waals surface area contributed by atoms with Crippen LogP contribution in [-0.2, 0) is 10.0 Å². The molecule has 2 unspecified atom stereocenters. The van der Waals surface area contributed by atoms with Crippen molar-refractivity contribution in [1.82, 2.24) is 4.31 Å². The molecule has 0 bridgehead atoms. The number of piperidine rings is 1. The third-order valence-electron chi connectivity index (χ3n) is 3.84. The molecule has 1 saturated heterocycles. The lowest BCUT2D eigenvalue weighted by atomic mass is 9.91. The summed E-state index contributed by atoms with van der Waals surface area (Å²) in [6.45, 7) is 1.10. The molecule has 4 nitrogen and oxygen atoms in total. The van der Waals surface area contributed by atoms with Gasteiger partial charge < -0.3 is 5.11 Å². The standard InChI is InChI=1S/C14H19Br2NO3S/c1-21(19,20)17-6-2-3-10(9-17)7-14(18)11-4-5-12(15)13(16)8-11/h4-5,8,10,14,18H,2-3,6-7,9H2,1H3. The van der Waals surface area contributed by atoms with E-state index < -0.39 is 16.1 Å². The van der Waals surface area contributed by atoms with Crippen molar-refractivity contribution in [3.63, 3.8) is 0 Å². The summed E-state index contributed by atoms with van der Waals surface area (Å²) in [6.07, 6.45) is 3.08. The Morgan fingerprint density at radius 1 is 1.38 bits per heavy atom. The Morgan fingerprint density at radius 2 is 2.10 bits per heavy atom. The van der Waals surface area contributed by atoms with Crippen molar-refractivity contribution < 1.29 is 13.5 Å². The van der Waals surface area contributed by atoms with Crippen molar-refractivity contribution >= 4 is 41.9 Å². The van der Waals surface area contributed by atoms with Crippen LogP contribution in [0.4, 0.5) is 0 Å². The van der Waals surface area contributed by atoms with Crippen molar-refractivity contribution in [1.29, 1.82) is 0 Å². The summed E-state index contributed by atoms with van der Waals surface area (Å²) in [4.78, 5) is 0. The van der Waals surface area contributed by atoms with Gasteiger partial charge in [0, 0.05) is 22.0 Å². The molecular weight excluding hydrogens is 422 g/mol. The van der Waals surface area contributed by atoms with E-state index in [1.165, 1.54) is 10.6 Å². The zero-order valence-corrected chi connectivity index (χ0v) is 15.8. The van der Waals surface area contributed by atoms with Crippen molar-refractivity contribution in [2.24, 2.45) is 5.92 Å². The molecule has 1 aromatic carbocycles. The molecule has 0 spiro atoms. The van der Waals surface area contributed by atoms with E-state index in [9.17, 15) is 13.5 Å². The average molecular weight is 441 g/mol. The van der Waals surface area contributed by atoms with Crippen LogP contribution in [0.15, 0.2) is 27.1 Å². The van der Waals surface area contributed by atoms with Crippen molar-refractivity contribution in [2.75, 3.05) is 19.3 Å². The SMILES string of the molecule is CS(=O)(=O)N1CCCC(CC(O)c2ccc(Br)c(Br)c2)C1. The second-order valence-electron chi connectivity index (χ2n) is 5.55. The third-order valence-corrected chi connectivity index (χ3v) is 6.99. The summed E-state index contributed by atoms with van der Waals surface area (Å²) >= 11 is 6.83. The molecule has 0 amide bonds. The smallest absolute Gasteiger partial charge is 0.211 e. The van der Waals surface area contributed by atoms with E-state index in [1.807, 2.05) is 18.2 Å². The first kappa shape index (κ1) is 17.4. The Hall–Kier alpha value is 0.0500. The van der Waals surface area contributed by atoms with Gasteiger partial charge in [-0.1, -0.05) is 6.07 Å². The molecule has 0 aromatic heterocycles. The van der Waals surface area contributed by atoms with E-state index in [0.29, 0.717) is 19.5 Å². The number of rotatable bonds is 4. The van der Waals surface area contributed by atoms with Gasteiger partial charge in [-0.05, 0) is 74.7 Å². The Labute approximate surface area is 142 Å². The summed E-state index contributed by atoms with van der Waals surface area (Å²) in [5.41, 5.74) is 0.849. The van der Waals surface area contributed by atoms with Crippen LogP contribution in [-0.4, -0.2) is 37.2 Å². The van der Waals surface area contributed by atoms with Gasteiger partial charge in [-0.3, -0.25) is 0 Å². The predicted octanol–water partition coefficient (Wildman–Crippen LogP) is 3.31. The molecule has 118 valence electrons. The maximum absolute atomic E-state index is 11.6. The average Bonchev–Trinajstić information content (AvgIpc) is 2.41. The number of sulfonamides is 1. The molecule has 1 aromatic rings. The molecule has 1 N–H and O–H groups in total. The van der Waals surface area contributed by atoms with E-state index in [1.54, 1.807) is 0 Å². The van der Waals surface area contributed by atoms with Crippen molar-refractivity contribution in [3.05, 3.63) is 32.7 Å². The molecule has 2 rings (SSSR count). The lowest BCUT2D eigenvalue weighted by molar-refractivity contribution is 0.123. The third kappa shape index (κ3) is 4.76. The van der Waals surface area contributed by atoms with Crippen LogP contribution >= 0.6 is 31.9 Å². The van der Waals surface area contributed by atoms with E-state index >= 15 is 0 Å². The highest BCUT2D eigenvalue weighted by Gasteiger charge is 2.27. The predicted molar refractivity (Wildman–Crippen MR) is 90.6 cm³/mol. The number of hydrogen-bond donors (Lipinski definition) is 1. The summed E-state index contributed by atoms with van der Waals surface area (Å²) in [5, 5.41) is 10.4. The zero-order valence-electron chi connectivity index (χ0n) is 11.8. The Morgan fingerprint density at radius 3 is 2.71 bits per heavy atom. The Bertz CT molecular complexity index is 606. The number of halogens is 2.